The number of aliphatic hydroxyl groups excluding tert-OH is 2. The van der Waals surface area contributed by atoms with E-state index in [1.807, 2.05) is 31.2 Å². The Balaban J connectivity index is 3.05. The lowest BCUT2D eigenvalue weighted by Crippen LogP contribution is -2.40. The second-order valence-corrected chi connectivity index (χ2v) is 4.57. The zero-order chi connectivity index (χ0) is 12.0. The quantitative estimate of drug-likeness (QED) is 0.838. The van der Waals surface area contributed by atoms with Gasteiger partial charge in [0.25, 0.3) is 0 Å². The van der Waals surface area contributed by atoms with Crippen LogP contribution in [0.1, 0.15) is 12.5 Å². The summed E-state index contributed by atoms with van der Waals surface area (Å²) < 4.78 is 6.22. The van der Waals surface area contributed by atoms with Crippen molar-refractivity contribution in [3.05, 3.63) is 34.3 Å². The van der Waals surface area contributed by atoms with Crippen molar-refractivity contribution < 1.29 is 14.9 Å². The first-order valence-electron chi connectivity index (χ1n) is 5.24. The largest absolute Gasteiger partial charge is 0.395 e. The van der Waals surface area contributed by atoms with Crippen molar-refractivity contribution in [3.63, 3.8) is 0 Å². The zero-order valence-corrected chi connectivity index (χ0v) is 10.9. The summed E-state index contributed by atoms with van der Waals surface area (Å²) in [5.74, 6) is 0. The molecule has 0 atom stereocenters. The summed E-state index contributed by atoms with van der Waals surface area (Å²) in [6, 6.07) is 7.55. The third-order valence-electron chi connectivity index (χ3n) is 2.63. The van der Waals surface area contributed by atoms with Crippen molar-refractivity contribution >= 4 is 15.9 Å². The van der Waals surface area contributed by atoms with Crippen LogP contribution in [-0.2, 0) is 10.2 Å². The highest BCUT2D eigenvalue weighted by atomic mass is 79.9. The molecule has 1 aromatic carbocycles. The van der Waals surface area contributed by atoms with E-state index in [-0.39, 0.29) is 13.2 Å². The molecule has 0 unspecified atom stereocenters. The Bertz CT molecular complexity index is 324. The minimum atomic E-state index is -0.740. The molecule has 0 heterocycles. The van der Waals surface area contributed by atoms with Crippen molar-refractivity contribution in [2.24, 2.45) is 0 Å². The van der Waals surface area contributed by atoms with Crippen LogP contribution in [0.15, 0.2) is 28.7 Å². The molecule has 4 heteroatoms. The molecule has 0 bridgehead atoms. The van der Waals surface area contributed by atoms with Crippen LogP contribution in [0.25, 0.3) is 0 Å². The summed E-state index contributed by atoms with van der Waals surface area (Å²) in [4.78, 5) is 0. The number of halogens is 1. The van der Waals surface area contributed by atoms with Crippen molar-refractivity contribution in [2.45, 2.75) is 12.3 Å². The molecule has 0 aliphatic carbocycles. The van der Waals surface area contributed by atoms with Gasteiger partial charge in [-0.2, -0.15) is 0 Å². The average molecular weight is 289 g/mol. The Labute approximate surface area is 104 Å². The van der Waals surface area contributed by atoms with Gasteiger partial charge >= 0.3 is 0 Å². The second-order valence-electron chi connectivity index (χ2n) is 3.71. The third kappa shape index (κ3) is 2.83. The van der Waals surface area contributed by atoms with Crippen LogP contribution in [0.2, 0.25) is 0 Å². The highest BCUT2D eigenvalue weighted by molar-refractivity contribution is 9.10. The van der Waals surface area contributed by atoms with E-state index in [1.165, 1.54) is 0 Å². The molecule has 0 saturated heterocycles. The molecular weight excluding hydrogens is 272 g/mol. The standard InChI is InChI=1S/C12H17BrO3/c1-2-16-9-12(7-14,8-15)10-5-3-4-6-11(10)13/h3-6,14-15H,2,7-9H2,1H3. The zero-order valence-electron chi connectivity index (χ0n) is 9.32. The fraction of sp³-hybridized carbons (Fsp3) is 0.500. The first-order chi connectivity index (χ1) is 7.70. The minimum absolute atomic E-state index is 0.147. The SMILES string of the molecule is CCOCC(CO)(CO)c1ccccc1Br. The van der Waals surface area contributed by atoms with Crippen LogP contribution in [0.4, 0.5) is 0 Å². The summed E-state index contributed by atoms with van der Waals surface area (Å²) in [5, 5.41) is 19.0. The van der Waals surface area contributed by atoms with Gasteiger partial charge in [-0.1, -0.05) is 34.1 Å². The summed E-state index contributed by atoms with van der Waals surface area (Å²) in [5.41, 5.74) is 0.129. The Kier molecular flexibility index (Phi) is 5.41. The average Bonchev–Trinajstić information content (AvgIpc) is 2.33. The maximum atomic E-state index is 9.52. The summed E-state index contributed by atoms with van der Waals surface area (Å²) >= 11 is 3.43. The number of benzene rings is 1. The smallest absolute Gasteiger partial charge is 0.0659 e. The number of ether oxygens (including phenoxy) is 1. The van der Waals surface area contributed by atoms with Crippen LogP contribution < -0.4 is 0 Å². The van der Waals surface area contributed by atoms with Gasteiger partial charge in [0.15, 0.2) is 0 Å². The normalized spacial score (nSPS) is 11.8. The Morgan fingerprint density at radius 1 is 1.25 bits per heavy atom. The van der Waals surface area contributed by atoms with Crippen molar-refractivity contribution in [2.75, 3.05) is 26.4 Å². The number of hydrogen-bond acceptors (Lipinski definition) is 3. The second kappa shape index (κ2) is 6.35. The van der Waals surface area contributed by atoms with Gasteiger partial charge in [0.2, 0.25) is 0 Å². The van der Waals surface area contributed by atoms with Gasteiger partial charge in [0, 0.05) is 11.1 Å². The molecule has 16 heavy (non-hydrogen) atoms. The summed E-state index contributed by atoms with van der Waals surface area (Å²) in [6.45, 7) is 2.46. The van der Waals surface area contributed by atoms with Crippen molar-refractivity contribution in [1.82, 2.24) is 0 Å². The predicted octanol–water partition coefficient (Wildman–Crippen LogP) is 1.71. The predicted molar refractivity (Wildman–Crippen MR) is 66.5 cm³/mol. The monoisotopic (exact) mass is 288 g/mol. The topological polar surface area (TPSA) is 49.7 Å². The molecule has 1 aromatic rings. The maximum Gasteiger partial charge on any atom is 0.0659 e. The van der Waals surface area contributed by atoms with Gasteiger partial charge in [-0.25, -0.2) is 0 Å². The molecule has 0 aliphatic rings. The fourth-order valence-corrected chi connectivity index (χ4v) is 2.28. The van der Waals surface area contributed by atoms with Crippen LogP contribution in [0, 0.1) is 0 Å². The molecule has 90 valence electrons. The van der Waals surface area contributed by atoms with E-state index >= 15 is 0 Å². The van der Waals surface area contributed by atoms with Crippen LogP contribution in [-0.4, -0.2) is 36.6 Å². The summed E-state index contributed by atoms with van der Waals surface area (Å²) in [6.07, 6.45) is 0. The van der Waals surface area contributed by atoms with Gasteiger partial charge in [0.05, 0.1) is 25.2 Å². The first kappa shape index (κ1) is 13.6. The molecule has 0 amide bonds. The summed E-state index contributed by atoms with van der Waals surface area (Å²) in [7, 11) is 0. The lowest BCUT2D eigenvalue weighted by Gasteiger charge is -2.30. The molecule has 0 spiro atoms. The molecule has 0 radical (unpaired) electrons. The Morgan fingerprint density at radius 3 is 2.38 bits per heavy atom. The highest BCUT2D eigenvalue weighted by Gasteiger charge is 2.33. The number of rotatable bonds is 6. The molecule has 2 N–H and O–H groups in total. The minimum Gasteiger partial charge on any atom is -0.395 e. The molecule has 0 aromatic heterocycles. The molecule has 0 saturated carbocycles. The first-order valence-corrected chi connectivity index (χ1v) is 6.04. The molecule has 1 rings (SSSR count). The van der Waals surface area contributed by atoms with Crippen LogP contribution in [0.3, 0.4) is 0 Å². The molecule has 0 fully saturated rings. The van der Waals surface area contributed by atoms with Crippen LogP contribution >= 0.6 is 15.9 Å². The lowest BCUT2D eigenvalue weighted by molar-refractivity contribution is 0.0244. The van der Waals surface area contributed by atoms with Crippen molar-refractivity contribution in [1.29, 1.82) is 0 Å². The van der Waals surface area contributed by atoms with E-state index < -0.39 is 5.41 Å². The van der Waals surface area contributed by atoms with E-state index in [4.69, 9.17) is 4.74 Å². The van der Waals surface area contributed by atoms with E-state index in [0.717, 1.165) is 10.0 Å². The Morgan fingerprint density at radius 2 is 1.88 bits per heavy atom. The molecular formula is C12H17BrO3. The van der Waals surface area contributed by atoms with E-state index in [1.54, 1.807) is 0 Å². The third-order valence-corrected chi connectivity index (χ3v) is 3.32. The van der Waals surface area contributed by atoms with E-state index in [9.17, 15) is 10.2 Å². The van der Waals surface area contributed by atoms with Crippen molar-refractivity contribution in [3.8, 4) is 0 Å². The lowest BCUT2D eigenvalue weighted by atomic mass is 9.83. The van der Waals surface area contributed by atoms with Crippen LogP contribution in [0.5, 0.6) is 0 Å². The number of aliphatic hydroxyl groups is 2. The van der Waals surface area contributed by atoms with Gasteiger partial charge in [-0.3, -0.25) is 0 Å². The van der Waals surface area contributed by atoms with Gasteiger partial charge < -0.3 is 14.9 Å². The number of hydrogen-bond donors (Lipinski definition) is 2. The van der Waals surface area contributed by atoms with Gasteiger partial charge in [-0.15, -0.1) is 0 Å². The highest BCUT2D eigenvalue weighted by Crippen LogP contribution is 2.30. The molecule has 3 nitrogen and oxygen atoms in total. The maximum absolute atomic E-state index is 9.52. The molecule has 0 aliphatic heterocycles. The van der Waals surface area contributed by atoms with Gasteiger partial charge in [-0.05, 0) is 18.6 Å². The Hall–Kier alpha value is -0.420. The van der Waals surface area contributed by atoms with Gasteiger partial charge in [0.1, 0.15) is 0 Å². The fourth-order valence-electron chi connectivity index (χ4n) is 1.58. The van der Waals surface area contributed by atoms with E-state index in [0.29, 0.717) is 13.2 Å². The van der Waals surface area contributed by atoms with E-state index in [2.05, 4.69) is 15.9 Å².